The first-order valence-electron chi connectivity index (χ1n) is 5.41. The molecule has 1 fully saturated rings. The Morgan fingerprint density at radius 1 is 1.47 bits per heavy atom. The molecule has 1 rings (SSSR count). The third-order valence-electron chi connectivity index (χ3n) is 3.99. The van der Waals surface area contributed by atoms with E-state index in [-0.39, 0.29) is 5.41 Å². The summed E-state index contributed by atoms with van der Waals surface area (Å²) >= 11 is 0. The molecule has 0 aliphatic carbocycles. The van der Waals surface area contributed by atoms with Crippen LogP contribution in [0.3, 0.4) is 0 Å². The minimum atomic E-state index is -0.680. The summed E-state index contributed by atoms with van der Waals surface area (Å²) in [7, 11) is 2.03. The zero-order valence-electron chi connectivity index (χ0n) is 9.92. The van der Waals surface area contributed by atoms with Crippen LogP contribution in [0.2, 0.25) is 0 Å². The van der Waals surface area contributed by atoms with Crippen molar-refractivity contribution in [2.24, 2.45) is 10.8 Å². The van der Waals surface area contributed by atoms with Crippen LogP contribution in [-0.4, -0.2) is 36.1 Å². The van der Waals surface area contributed by atoms with Crippen molar-refractivity contribution < 1.29 is 9.90 Å². The van der Waals surface area contributed by atoms with Crippen LogP contribution in [0.5, 0.6) is 0 Å². The van der Waals surface area contributed by atoms with Gasteiger partial charge in [-0.2, -0.15) is 0 Å². The second-order valence-electron chi connectivity index (χ2n) is 5.12. The van der Waals surface area contributed by atoms with Gasteiger partial charge in [0.05, 0.1) is 5.41 Å². The van der Waals surface area contributed by atoms with Crippen LogP contribution < -0.4 is 0 Å². The third kappa shape index (κ3) is 1.93. The molecule has 0 amide bonds. The van der Waals surface area contributed by atoms with Gasteiger partial charge in [0.2, 0.25) is 0 Å². The van der Waals surface area contributed by atoms with E-state index in [4.69, 9.17) is 0 Å². The number of allylic oxidation sites excluding steroid dienone is 1. The summed E-state index contributed by atoms with van der Waals surface area (Å²) in [5, 5.41) is 9.48. The van der Waals surface area contributed by atoms with Crippen molar-refractivity contribution in [3.63, 3.8) is 0 Å². The second-order valence-corrected chi connectivity index (χ2v) is 5.12. The SMILES string of the molecule is C=CC(C)(C)C1(C(=O)O)CCN(C)CC1. The van der Waals surface area contributed by atoms with Crippen LogP contribution in [0.4, 0.5) is 0 Å². The quantitative estimate of drug-likeness (QED) is 0.726. The lowest BCUT2D eigenvalue weighted by Gasteiger charge is -2.46. The van der Waals surface area contributed by atoms with E-state index in [9.17, 15) is 9.90 Å². The maximum atomic E-state index is 11.5. The summed E-state index contributed by atoms with van der Waals surface area (Å²) in [4.78, 5) is 13.7. The molecule has 0 unspecified atom stereocenters. The lowest BCUT2D eigenvalue weighted by molar-refractivity contribution is -0.159. The number of carbonyl (C=O) groups is 1. The molecule has 0 atom stereocenters. The van der Waals surface area contributed by atoms with Gasteiger partial charge in [-0.05, 0) is 38.4 Å². The Morgan fingerprint density at radius 2 is 1.93 bits per heavy atom. The summed E-state index contributed by atoms with van der Waals surface area (Å²) in [6.07, 6.45) is 3.20. The zero-order chi connectivity index (χ0) is 11.7. The highest BCUT2D eigenvalue weighted by Crippen LogP contribution is 2.47. The smallest absolute Gasteiger partial charge is 0.310 e. The van der Waals surface area contributed by atoms with E-state index in [1.165, 1.54) is 0 Å². The van der Waals surface area contributed by atoms with E-state index in [1.54, 1.807) is 6.08 Å². The van der Waals surface area contributed by atoms with Crippen LogP contribution in [0.15, 0.2) is 12.7 Å². The van der Waals surface area contributed by atoms with Gasteiger partial charge in [0, 0.05) is 0 Å². The first-order chi connectivity index (χ1) is 6.85. The first kappa shape index (κ1) is 12.2. The second kappa shape index (κ2) is 3.97. The molecule has 0 radical (unpaired) electrons. The minimum Gasteiger partial charge on any atom is -0.481 e. The van der Waals surface area contributed by atoms with E-state index in [1.807, 2.05) is 20.9 Å². The van der Waals surface area contributed by atoms with E-state index in [0.29, 0.717) is 12.8 Å². The predicted octanol–water partition coefficient (Wildman–Crippen LogP) is 2.00. The van der Waals surface area contributed by atoms with E-state index in [0.717, 1.165) is 13.1 Å². The van der Waals surface area contributed by atoms with Gasteiger partial charge < -0.3 is 10.0 Å². The molecule has 15 heavy (non-hydrogen) atoms. The van der Waals surface area contributed by atoms with Gasteiger partial charge in [-0.15, -0.1) is 6.58 Å². The summed E-state index contributed by atoms with van der Waals surface area (Å²) in [5.41, 5.74) is -0.985. The third-order valence-corrected chi connectivity index (χ3v) is 3.99. The number of aliphatic carboxylic acids is 1. The van der Waals surface area contributed by atoms with Gasteiger partial charge in [0.25, 0.3) is 0 Å². The van der Waals surface area contributed by atoms with Crippen molar-refractivity contribution in [3.8, 4) is 0 Å². The highest BCUT2D eigenvalue weighted by Gasteiger charge is 2.50. The number of hydrogen-bond acceptors (Lipinski definition) is 2. The largest absolute Gasteiger partial charge is 0.481 e. The molecule has 3 heteroatoms. The average Bonchev–Trinajstić information content (AvgIpc) is 2.18. The number of nitrogens with zero attached hydrogens (tertiary/aromatic N) is 1. The maximum Gasteiger partial charge on any atom is 0.310 e. The fraction of sp³-hybridized carbons (Fsp3) is 0.750. The predicted molar refractivity (Wildman–Crippen MR) is 60.8 cm³/mol. The average molecular weight is 211 g/mol. The Hall–Kier alpha value is -0.830. The molecule has 0 aromatic heterocycles. The molecule has 1 heterocycles. The Bertz CT molecular complexity index is 263. The number of rotatable bonds is 3. The van der Waals surface area contributed by atoms with Crippen LogP contribution in [0, 0.1) is 10.8 Å². The molecule has 0 saturated carbocycles. The number of hydrogen-bond donors (Lipinski definition) is 1. The summed E-state index contributed by atoms with van der Waals surface area (Å²) in [5.74, 6) is -0.680. The summed E-state index contributed by atoms with van der Waals surface area (Å²) in [6.45, 7) is 9.42. The molecule has 0 spiro atoms. The zero-order valence-corrected chi connectivity index (χ0v) is 9.92. The summed E-state index contributed by atoms with van der Waals surface area (Å²) < 4.78 is 0. The Labute approximate surface area is 91.8 Å². The number of likely N-dealkylation sites (tertiary alicyclic amines) is 1. The molecule has 1 aliphatic heterocycles. The molecule has 3 nitrogen and oxygen atoms in total. The molecule has 0 aromatic rings. The lowest BCUT2D eigenvalue weighted by atomic mass is 9.60. The highest BCUT2D eigenvalue weighted by molar-refractivity contribution is 5.76. The monoisotopic (exact) mass is 211 g/mol. The van der Waals surface area contributed by atoms with Crippen LogP contribution in [-0.2, 0) is 4.79 Å². The molecule has 1 saturated heterocycles. The van der Waals surface area contributed by atoms with Gasteiger partial charge in [-0.3, -0.25) is 4.79 Å². The molecule has 1 aliphatic rings. The fourth-order valence-electron chi connectivity index (χ4n) is 2.33. The van der Waals surface area contributed by atoms with Crippen molar-refractivity contribution in [3.05, 3.63) is 12.7 Å². The molecule has 1 N–H and O–H groups in total. The standard InChI is InChI=1S/C12H21NO2/c1-5-11(2,3)12(10(14)15)6-8-13(4)9-7-12/h5H,1,6-9H2,2-4H3,(H,14,15). The van der Waals surface area contributed by atoms with Crippen LogP contribution in [0.1, 0.15) is 26.7 Å². The number of carboxylic acid groups (broad SMARTS) is 1. The van der Waals surface area contributed by atoms with Crippen LogP contribution in [0.25, 0.3) is 0 Å². The number of carboxylic acids is 1. The van der Waals surface area contributed by atoms with Crippen molar-refractivity contribution in [2.75, 3.05) is 20.1 Å². The van der Waals surface area contributed by atoms with Crippen molar-refractivity contribution in [1.29, 1.82) is 0 Å². The van der Waals surface area contributed by atoms with Gasteiger partial charge in [0.1, 0.15) is 0 Å². The molecule has 86 valence electrons. The van der Waals surface area contributed by atoms with Gasteiger partial charge in [-0.25, -0.2) is 0 Å². The first-order valence-corrected chi connectivity index (χ1v) is 5.41. The van der Waals surface area contributed by atoms with Gasteiger partial charge in [0.15, 0.2) is 0 Å². The van der Waals surface area contributed by atoms with Gasteiger partial charge >= 0.3 is 5.97 Å². The molecular formula is C12H21NO2. The topological polar surface area (TPSA) is 40.5 Å². The van der Waals surface area contributed by atoms with Gasteiger partial charge in [-0.1, -0.05) is 19.9 Å². The molecule has 0 bridgehead atoms. The Balaban J connectivity index is 3.00. The number of piperidine rings is 1. The molecule has 0 aromatic carbocycles. The highest BCUT2D eigenvalue weighted by atomic mass is 16.4. The fourth-order valence-corrected chi connectivity index (χ4v) is 2.33. The van der Waals surface area contributed by atoms with Crippen molar-refractivity contribution in [2.45, 2.75) is 26.7 Å². The Kier molecular flexibility index (Phi) is 3.24. The van der Waals surface area contributed by atoms with Crippen molar-refractivity contribution >= 4 is 5.97 Å². The van der Waals surface area contributed by atoms with E-state index >= 15 is 0 Å². The normalized spacial score (nSPS) is 22.3. The minimum absolute atomic E-state index is 0.347. The summed E-state index contributed by atoms with van der Waals surface area (Å²) in [6, 6.07) is 0. The lowest BCUT2D eigenvalue weighted by Crippen LogP contribution is -2.50. The van der Waals surface area contributed by atoms with Crippen molar-refractivity contribution in [1.82, 2.24) is 4.90 Å². The van der Waals surface area contributed by atoms with E-state index < -0.39 is 11.4 Å². The van der Waals surface area contributed by atoms with E-state index in [2.05, 4.69) is 11.5 Å². The maximum absolute atomic E-state index is 11.5. The molecular weight excluding hydrogens is 190 g/mol. The van der Waals surface area contributed by atoms with Crippen LogP contribution >= 0.6 is 0 Å². The Morgan fingerprint density at radius 3 is 2.27 bits per heavy atom.